The minimum absolute atomic E-state index is 0.329. The fraction of sp³-hybridized carbons (Fsp3) is 0.286. The van der Waals surface area contributed by atoms with Crippen LogP contribution in [0.5, 0.6) is 0 Å². The van der Waals surface area contributed by atoms with E-state index in [2.05, 4.69) is 15.3 Å². The van der Waals surface area contributed by atoms with Crippen molar-refractivity contribution in [3.8, 4) is 0 Å². The second-order valence-electron chi connectivity index (χ2n) is 3.96. The van der Waals surface area contributed by atoms with Crippen molar-refractivity contribution >= 4 is 24.1 Å². The summed E-state index contributed by atoms with van der Waals surface area (Å²) in [6.45, 7) is 2.07. The summed E-state index contributed by atoms with van der Waals surface area (Å²) in [6.07, 6.45) is 4.59. The molecule has 5 heteroatoms. The number of amides is 1. The predicted molar refractivity (Wildman–Crippen MR) is 78.5 cm³/mol. The molecular formula is C14H19N3O2. The summed E-state index contributed by atoms with van der Waals surface area (Å²) in [5.41, 5.74) is 4.46. The molecule has 1 aromatic carbocycles. The standard InChI is InChI=1S/C14H19N3O2/c1-4-19-14(18)16-15-11-5-6-12-7-9-13(10-8-12)17(2)3/h5-11H,4H2,1-3H3,(H,16,18)/b6-5+,15-11-. The molecule has 1 amide bonds. The van der Waals surface area contributed by atoms with Gasteiger partial charge in [-0.3, -0.25) is 0 Å². The van der Waals surface area contributed by atoms with E-state index in [-0.39, 0.29) is 0 Å². The van der Waals surface area contributed by atoms with Gasteiger partial charge < -0.3 is 9.64 Å². The van der Waals surface area contributed by atoms with Crippen LogP contribution in [0.3, 0.4) is 0 Å². The number of rotatable bonds is 5. The molecule has 1 rings (SSSR count). The Labute approximate surface area is 113 Å². The van der Waals surface area contributed by atoms with Crippen LogP contribution in [0.4, 0.5) is 10.5 Å². The molecule has 0 aliphatic carbocycles. The molecule has 0 saturated carbocycles. The Kier molecular flexibility index (Phi) is 6.15. The fourth-order valence-corrected chi connectivity index (χ4v) is 1.33. The first-order chi connectivity index (χ1) is 9.13. The van der Waals surface area contributed by atoms with Crippen molar-refractivity contribution in [1.29, 1.82) is 0 Å². The molecule has 0 aliphatic heterocycles. The van der Waals surface area contributed by atoms with Crippen LogP contribution in [-0.4, -0.2) is 33.0 Å². The highest BCUT2D eigenvalue weighted by Crippen LogP contribution is 2.12. The maximum Gasteiger partial charge on any atom is 0.427 e. The van der Waals surface area contributed by atoms with Gasteiger partial charge in [0.05, 0.1) is 6.61 Å². The molecule has 0 aliphatic rings. The van der Waals surface area contributed by atoms with Crippen LogP contribution in [-0.2, 0) is 4.74 Å². The van der Waals surface area contributed by atoms with Gasteiger partial charge in [0.2, 0.25) is 0 Å². The van der Waals surface area contributed by atoms with E-state index in [4.69, 9.17) is 0 Å². The lowest BCUT2D eigenvalue weighted by Gasteiger charge is -2.11. The van der Waals surface area contributed by atoms with Gasteiger partial charge in [-0.15, -0.1) is 0 Å². The lowest BCUT2D eigenvalue weighted by Crippen LogP contribution is -2.18. The zero-order chi connectivity index (χ0) is 14.1. The summed E-state index contributed by atoms with van der Waals surface area (Å²) in [6, 6.07) is 8.10. The SMILES string of the molecule is CCOC(=O)N/N=C\C=C\c1ccc(N(C)C)cc1. The number of nitrogens with zero attached hydrogens (tertiary/aromatic N) is 2. The van der Waals surface area contributed by atoms with Crippen molar-refractivity contribution in [3.05, 3.63) is 35.9 Å². The third-order valence-corrected chi connectivity index (χ3v) is 2.29. The molecular weight excluding hydrogens is 242 g/mol. The average Bonchev–Trinajstić information content (AvgIpc) is 2.39. The molecule has 0 radical (unpaired) electrons. The topological polar surface area (TPSA) is 53.9 Å². The number of hydrazone groups is 1. The lowest BCUT2D eigenvalue weighted by atomic mass is 10.2. The van der Waals surface area contributed by atoms with E-state index in [1.54, 1.807) is 13.0 Å². The third-order valence-electron chi connectivity index (χ3n) is 2.29. The van der Waals surface area contributed by atoms with Crippen molar-refractivity contribution in [1.82, 2.24) is 5.43 Å². The first-order valence-electron chi connectivity index (χ1n) is 6.03. The van der Waals surface area contributed by atoms with Gasteiger partial charge in [0.25, 0.3) is 0 Å². The van der Waals surface area contributed by atoms with Crippen molar-refractivity contribution in [2.75, 3.05) is 25.6 Å². The summed E-state index contributed by atoms with van der Waals surface area (Å²) in [7, 11) is 4.00. The minimum atomic E-state index is -0.553. The van der Waals surface area contributed by atoms with Crippen LogP contribution in [0.15, 0.2) is 35.4 Å². The molecule has 0 aromatic heterocycles. The van der Waals surface area contributed by atoms with Crippen LogP contribution in [0.1, 0.15) is 12.5 Å². The van der Waals surface area contributed by atoms with Crippen LogP contribution < -0.4 is 10.3 Å². The predicted octanol–water partition coefficient (Wildman–Crippen LogP) is 2.50. The van der Waals surface area contributed by atoms with Gasteiger partial charge in [0.15, 0.2) is 0 Å². The Morgan fingerprint density at radius 1 is 1.37 bits per heavy atom. The van der Waals surface area contributed by atoms with Crippen LogP contribution in [0.25, 0.3) is 6.08 Å². The van der Waals surface area contributed by atoms with E-state index >= 15 is 0 Å². The number of hydrogen-bond acceptors (Lipinski definition) is 4. The Hall–Kier alpha value is -2.30. The number of benzene rings is 1. The highest BCUT2D eigenvalue weighted by Gasteiger charge is 1.94. The van der Waals surface area contributed by atoms with E-state index < -0.39 is 6.09 Å². The number of hydrogen-bond donors (Lipinski definition) is 1. The second kappa shape index (κ2) is 7.92. The molecule has 0 bridgehead atoms. The Bertz CT molecular complexity index is 450. The van der Waals surface area contributed by atoms with Crippen LogP contribution in [0.2, 0.25) is 0 Å². The molecule has 5 nitrogen and oxygen atoms in total. The first-order valence-corrected chi connectivity index (χ1v) is 6.03. The van der Waals surface area contributed by atoms with E-state index in [1.165, 1.54) is 6.21 Å². The molecule has 19 heavy (non-hydrogen) atoms. The normalized spacial score (nSPS) is 10.9. The largest absolute Gasteiger partial charge is 0.449 e. The molecule has 0 spiro atoms. The maximum atomic E-state index is 10.9. The highest BCUT2D eigenvalue weighted by atomic mass is 16.5. The molecule has 0 saturated heterocycles. The third kappa shape index (κ3) is 5.72. The Balaban J connectivity index is 2.44. The van der Waals surface area contributed by atoms with Gasteiger partial charge in [0, 0.05) is 26.0 Å². The number of allylic oxidation sites excluding steroid dienone is 1. The summed E-state index contributed by atoms with van der Waals surface area (Å²) in [4.78, 5) is 12.9. The van der Waals surface area contributed by atoms with Gasteiger partial charge in [-0.2, -0.15) is 5.10 Å². The second-order valence-corrected chi connectivity index (χ2v) is 3.96. The summed E-state index contributed by atoms with van der Waals surface area (Å²) >= 11 is 0. The summed E-state index contributed by atoms with van der Waals surface area (Å²) in [5.74, 6) is 0. The van der Waals surface area contributed by atoms with Gasteiger partial charge in [-0.05, 0) is 30.7 Å². The zero-order valence-electron chi connectivity index (χ0n) is 11.5. The Morgan fingerprint density at radius 2 is 2.05 bits per heavy atom. The molecule has 0 fully saturated rings. The van der Waals surface area contributed by atoms with Crippen LogP contribution >= 0.6 is 0 Å². The quantitative estimate of drug-likeness (QED) is 0.654. The molecule has 0 unspecified atom stereocenters. The van der Waals surface area contributed by atoms with E-state index in [1.807, 2.05) is 49.3 Å². The maximum absolute atomic E-state index is 10.9. The average molecular weight is 261 g/mol. The van der Waals surface area contributed by atoms with Crippen molar-refractivity contribution in [3.63, 3.8) is 0 Å². The minimum Gasteiger partial charge on any atom is -0.449 e. The highest BCUT2D eigenvalue weighted by molar-refractivity contribution is 5.79. The van der Waals surface area contributed by atoms with Gasteiger partial charge >= 0.3 is 6.09 Å². The van der Waals surface area contributed by atoms with E-state index in [0.29, 0.717) is 6.61 Å². The number of anilines is 1. The summed E-state index contributed by atoms with van der Waals surface area (Å²) in [5, 5.41) is 3.71. The van der Waals surface area contributed by atoms with Crippen molar-refractivity contribution in [2.24, 2.45) is 5.10 Å². The molecule has 0 atom stereocenters. The molecule has 102 valence electrons. The zero-order valence-corrected chi connectivity index (χ0v) is 11.5. The van der Waals surface area contributed by atoms with E-state index in [0.717, 1.165) is 11.3 Å². The summed E-state index contributed by atoms with van der Waals surface area (Å²) < 4.78 is 4.65. The van der Waals surface area contributed by atoms with Gasteiger partial charge in [0.1, 0.15) is 0 Å². The van der Waals surface area contributed by atoms with Gasteiger partial charge in [-0.1, -0.05) is 18.2 Å². The van der Waals surface area contributed by atoms with Crippen molar-refractivity contribution < 1.29 is 9.53 Å². The van der Waals surface area contributed by atoms with Crippen molar-refractivity contribution in [2.45, 2.75) is 6.92 Å². The molecule has 1 N–H and O–H groups in total. The fourth-order valence-electron chi connectivity index (χ4n) is 1.33. The van der Waals surface area contributed by atoms with E-state index in [9.17, 15) is 4.79 Å². The van der Waals surface area contributed by atoms with Crippen LogP contribution in [0, 0.1) is 0 Å². The monoisotopic (exact) mass is 261 g/mol. The smallest absolute Gasteiger partial charge is 0.427 e. The Morgan fingerprint density at radius 3 is 2.63 bits per heavy atom. The number of carbonyl (C=O) groups is 1. The first kappa shape index (κ1) is 14.8. The molecule has 1 aromatic rings. The van der Waals surface area contributed by atoms with Gasteiger partial charge in [-0.25, -0.2) is 10.2 Å². The number of nitrogens with one attached hydrogen (secondary N) is 1. The number of ether oxygens (including phenoxy) is 1. The number of carbonyl (C=O) groups excluding carboxylic acids is 1. The molecule has 0 heterocycles. The lowest BCUT2D eigenvalue weighted by molar-refractivity contribution is 0.152.